The molecule has 3 rings (SSSR count). The Labute approximate surface area is 159 Å². The van der Waals surface area contributed by atoms with Crippen molar-refractivity contribution in [2.45, 2.75) is 44.9 Å². The van der Waals surface area contributed by atoms with Crippen LogP contribution in [0.25, 0.3) is 0 Å². The van der Waals surface area contributed by atoms with E-state index in [2.05, 4.69) is 29.2 Å². The Morgan fingerprint density at radius 2 is 1.77 bits per heavy atom. The van der Waals surface area contributed by atoms with Crippen molar-refractivity contribution in [3.63, 3.8) is 0 Å². The lowest BCUT2D eigenvalue weighted by molar-refractivity contribution is -0.134. The molecule has 0 radical (unpaired) electrons. The third-order valence-corrected chi connectivity index (χ3v) is 5.81. The summed E-state index contributed by atoms with van der Waals surface area (Å²) in [5.41, 5.74) is 1.97. The largest absolute Gasteiger partial charge is 0.299 e. The van der Waals surface area contributed by atoms with Crippen LogP contribution in [0.4, 0.5) is 0 Å². The van der Waals surface area contributed by atoms with Gasteiger partial charge >= 0.3 is 0 Å². The molecule has 4 heteroatoms. The number of carbonyl (C=O) groups is 2. The van der Waals surface area contributed by atoms with Crippen molar-refractivity contribution in [1.82, 2.24) is 4.98 Å². The molecule has 136 valence electrons. The molecule has 3 nitrogen and oxygen atoms in total. The molecule has 0 saturated heterocycles. The molecule has 0 bridgehead atoms. The van der Waals surface area contributed by atoms with Crippen molar-refractivity contribution in [2.75, 3.05) is 0 Å². The molecule has 0 spiro atoms. The van der Waals surface area contributed by atoms with E-state index in [9.17, 15) is 9.59 Å². The van der Waals surface area contributed by atoms with Crippen molar-refractivity contribution in [3.8, 4) is 0 Å². The minimum absolute atomic E-state index is 0.0358. The molecule has 1 saturated carbocycles. The summed E-state index contributed by atoms with van der Waals surface area (Å²) in [6.07, 6.45) is 5.63. The van der Waals surface area contributed by atoms with Crippen molar-refractivity contribution in [2.24, 2.45) is 11.8 Å². The van der Waals surface area contributed by atoms with E-state index in [1.54, 1.807) is 18.3 Å². The zero-order valence-corrected chi connectivity index (χ0v) is 15.8. The van der Waals surface area contributed by atoms with Crippen molar-refractivity contribution < 1.29 is 9.59 Å². The molecule has 1 aromatic heterocycles. The van der Waals surface area contributed by atoms with Gasteiger partial charge in [0.15, 0.2) is 0 Å². The molecule has 0 aliphatic heterocycles. The maximum Gasteiger partial charge on any atom is 0.146 e. The number of hydrogen-bond donors (Lipinski definition) is 0. The van der Waals surface area contributed by atoms with Crippen LogP contribution in [-0.4, -0.2) is 16.6 Å². The summed E-state index contributed by atoms with van der Waals surface area (Å²) in [5, 5.41) is 0.513. The molecule has 1 aliphatic rings. The third-order valence-electron chi connectivity index (χ3n) is 5.47. The molecule has 1 unspecified atom stereocenters. The Morgan fingerprint density at radius 3 is 2.38 bits per heavy atom. The Balaban J connectivity index is 1.65. The predicted molar refractivity (Wildman–Crippen MR) is 103 cm³/mol. The van der Waals surface area contributed by atoms with Gasteiger partial charge in [0.25, 0.3) is 0 Å². The number of rotatable bonds is 6. The number of aromatic nitrogens is 1. The van der Waals surface area contributed by atoms with Crippen LogP contribution in [0.2, 0.25) is 5.02 Å². The molecule has 2 aromatic rings. The smallest absolute Gasteiger partial charge is 0.146 e. The van der Waals surface area contributed by atoms with Crippen molar-refractivity contribution in [1.29, 1.82) is 0 Å². The van der Waals surface area contributed by atoms with Gasteiger partial charge in [-0.25, -0.2) is 0 Å². The van der Waals surface area contributed by atoms with Crippen LogP contribution in [0.5, 0.6) is 0 Å². The summed E-state index contributed by atoms with van der Waals surface area (Å²) in [6.45, 7) is 1.50. The highest BCUT2D eigenvalue weighted by Crippen LogP contribution is 2.37. The lowest BCUT2D eigenvalue weighted by Gasteiger charge is -2.29. The summed E-state index contributed by atoms with van der Waals surface area (Å²) in [5.74, 6) is -0.194. The summed E-state index contributed by atoms with van der Waals surface area (Å²) >= 11 is 6.17. The average molecular weight is 370 g/mol. The number of ketones is 2. The molecule has 1 heterocycles. The first-order chi connectivity index (χ1) is 12.6. The van der Waals surface area contributed by atoms with E-state index in [0.29, 0.717) is 23.1 Å². The van der Waals surface area contributed by atoms with Gasteiger partial charge < -0.3 is 0 Å². The van der Waals surface area contributed by atoms with E-state index < -0.39 is 5.92 Å². The van der Waals surface area contributed by atoms with Crippen LogP contribution in [0.3, 0.4) is 0 Å². The third kappa shape index (κ3) is 4.39. The monoisotopic (exact) mass is 369 g/mol. The van der Waals surface area contributed by atoms with Crippen LogP contribution in [0.15, 0.2) is 48.7 Å². The first kappa shape index (κ1) is 18.8. The minimum Gasteiger partial charge on any atom is -0.299 e. The molecule has 1 aromatic carbocycles. The standard InChI is InChI=1S/C22H24ClNO2/c1-15(25)19(14-21-20(23)8-5-13-24-21)22(26)18-11-9-17(10-12-18)16-6-3-2-4-7-16/h2-8,13,17-19H,9-12,14H2,1H3/t17-,18-,19?. The molecular formula is C22H24ClNO2. The van der Waals surface area contributed by atoms with Gasteiger partial charge in [-0.1, -0.05) is 41.9 Å². The first-order valence-corrected chi connectivity index (χ1v) is 9.62. The van der Waals surface area contributed by atoms with E-state index in [1.807, 2.05) is 6.07 Å². The second kappa shape index (κ2) is 8.59. The van der Waals surface area contributed by atoms with Gasteiger partial charge in [-0.3, -0.25) is 14.6 Å². The predicted octanol–water partition coefficient (Wildman–Crippen LogP) is 5.03. The quantitative estimate of drug-likeness (QED) is 0.671. The van der Waals surface area contributed by atoms with Crippen molar-refractivity contribution >= 4 is 23.2 Å². The summed E-state index contributed by atoms with van der Waals surface area (Å²) in [4.78, 5) is 29.4. The molecule has 26 heavy (non-hydrogen) atoms. The fraction of sp³-hybridized carbons (Fsp3) is 0.409. The number of nitrogens with zero attached hydrogens (tertiary/aromatic N) is 1. The topological polar surface area (TPSA) is 47.0 Å². The van der Waals surface area contributed by atoms with E-state index in [4.69, 9.17) is 11.6 Å². The zero-order chi connectivity index (χ0) is 18.5. The SMILES string of the molecule is CC(=O)C(Cc1ncccc1Cl)C(=O)[C@H]1CC[C@H](c2ccccc2)CC1. The summed E-state index contributed by atoms with van der Waals surface area (Å²) < 4.78 is 0. The van der Waals surface area contributed by atoms with Gasteiger partial charge in [0, 0.05) is 18.5 Å². The molecule has 0 N–H and O–H groups in total. The molecule has 0 amide bonds. The molecule has 1 fully saturated rings. The first-order valence-electron chi connectivity index (χ1n) is 9.24. The fourth-order valence-corrected chi connectivity index (χ4v) is 4.13. The second-order valence-electron chi connectivity index (χ2n) is 7.16. The van der Waals surface area contributed by atoms with Crippen LogP contribution >= 0.6 is 11.6 Å². The van der Waals surface area contributed by atoms with Crippen LogP contribution < -0.4 is 0 Å². The Morgan fingerprint density at radius 1 is 1.08 bits per heavy atom. The number of carbonyl (C=O) groups excluding carboxylic acids is 2. The Hall–Kier alpha value is -2.00. The van der Waals surface area contributed by atoms with Crippen LogP contribution in [0.1, 0.15) is 49.8 Å². The average Bonchev–Trinajstić information content (AvgIpc) is 2.67. The fourth-order valence-electron chi connectivity index (χ4n) is 3.93. The zero-order valence-electron chi connectivity index (χ0n) is 15.0. The van der Waals surface area contributed by atoms with E-state index in [-0.39, 0.29) is 17.5 Å². The van der Waals surface area contributed by atoms with Gasteiger partial charge in [-0.15, -0.1) is 0 Å². The summed E-state index contributed by atoms with van der Waals surface area (Å²) in [7, 11) is 0. The number of benzene rings is 1. The molecular weight excluding hydrogens is 346 g/mol. The Kier molecular flexibility index (Phi) is 6.20. The van der Waals surface area contributed by atoms with Gasteiger partial charge in [-0.2, -0.15) is 0 Å². The lowest BCUT2D eigenvalue weighted by atomic mass is 9.74. The normalized spacial score (nSPS) is 21.2. The van der Waals surface area contributed by atoms with Crippen LogP contribution in [0, 0.1) is 11.8 Å². The van der Waals surface area contributed by atoms with E-state index in [1.165, 1.54) is 12.5 Å². The number of Topliss-reactive ketones (excluding diaryl/α,β-unsaturated/α-hetero) is 2. The second-order valence-corrected chi connectivity index (χ2v) is 7.57. The maximum absolute atomic E-state index is 13.0. The van der Waals surface area contributed by atoms with E-state index >= 15 is 0 Å². The lowest BCUT2D eigenvalue weighted by Crippen LogP contribution is -2.32. The summed E-state index contributed by atoms with van der Waals surface area (Å²) in [6, 6.07) is 14.0. The number of hydrogen-bond acceptors (Lipinski definition) is 3. The molecule has 1 aliphatic carbocycles. The number of halogens is 1. The minimum atomic E-state index is -0.638. The van der Waals surface area contributed by atoms with Gasteiger partial charge in [-0.05, 0) is 56.2 Å². The highest BCUT2D eigenvalue weighted by molar-refractivity contribution is 6.31. The van der Waals surface area contributed by atoms with Gasteiger partial charge in [0.05, 0.1) is 16.6 Å². The Bertz CT molecular complexity index is 767. The maximum atomic E-state index is 13.0. The van der Waals surface area contributed by atoms with Crippen molar-refractivity contribution in [3.05, 3.63) is 64.9 Å². The highest BCUT2D eigenvalue weighted by Gasteiger charge is 2.34. The van der Waals surface area contributed by atoms with Crippen LogP contribution in [-0.2, 0) is 16.0 Å². The van der Waals surface area contributed by atoms with E-state index in [0.717, 1.165) is 25.7 Å². The van der Waals surface area contributed by atoms with Gasteiger partial charge in [0.1, 0.15) is 11.6 Å². The number of pyridine rings is 1. The molecule has 1 atom stereocenters. The highest BCUT2D eigenvalue weighted by atomic mass is 35.5. The van der Waals surface area contributed by atoms with Gasteiger partial charge in [0.2, 0.25) is 0 Å².